The van der Waals surface area contributed by atoms with Gasteiger partial charge >= 0.3 is 5.63 Å². The molecule has 0 spiro atoms. The van der Waals surface area contributed by atoms with Gasteiger partial charge < -0.3 is 14.5 Å². The predicted molar refractivity (Wildman–Crippen MR) is 87.7 cm³/mol. The molecule has 2 aromatic heterocycles. The number of fused-ring (bicyclic) bond motifs is 3. The third kappa shape index (κ3) is 1.94. The van der Waals surface area contributed by atoms with Crippen molar-refractivity contribution in [2.75, 3.05) is 0 Å². The average molecular weight is 305 g/mol. The van der Waals surface area contributed by atoms with Crippen LogP contribution in [0.1, 0.15) is 0 Å². The lowest BCUT2D eigenvalue weighted by Gasteiger charge is -2.09. The minimum atomic E-state index is -0.689. The molecule has 0 saturated carbocycles. The summed E-state index contributed by atoms with van der Waals surface area (Å²) < 4.78 is 5.19. The highest BCUT2D eigenvalue weighted by Gasteiger charge is 2.18. The van der Waals surface area contributed by atoms with Gasteiger partial charge in [0.25, 0.3) is 5.56 Å². The van der Waals surface area contributed by atoms with Crippen molar-refractivity contribution < 1.29 is 9.52 Å². The van der Waals surface area contributed by atoms with Gasteiger partial charge in [0.15, 0.2) is 0 Å². The van der Waals surface area contributed by atoms with Crippen molar-refractivity contribution in [2.24, 2.45) is 0 Å². The molecule has 112 valence electrons. The maximum absolute atomic E-state index is 12.3. The number of benzene rings is 2. The van der Waals surface area contributed by atoms with E-state index < -0.39 is 11.2 Å². The Morgan fingerprint density at radius 1 is 0.913 bits per heavy atom. The van der Waals surface area contributed by atoms with E-state index in [9.17, 15) is 14.7 Å². The summed E-state index contributed by atoms with van der Waals surface area (Å²) in [5.41, 5.74) is -0.203. The van der Waals surface area contributed by atoms with E-state index >= 15 is 0 Å². The van der Waals surface area contributed by atoms with Crippen LogP contribution in [-0.4, -0.2) is 10.1 Å². The Morgan fingerprint density at radius 2 is 1.61 bits per heavy atom. The number of aromatic amines is 1. The second-order valence-electron chi connectivity index (χ2n) is 5.18. The van der Waals surface area contributed by atoms with Crippen LogP contribution in [0.2, 0.25) is 0 Å². The summed E-state index contributed by atoms with van der Waals surface area (Å²) in [6.07, 6.45) is 0. The van der Waals surface area contributed by atoms with Crippen molar-refractivity contribution in [3.8, 4) is 16.9 Å². The molecule has 4 rings (SSSR count). The van der Waals surface area contributed by atoms with Crippen LogP contribution >= 0.6 is 0 Å². The molecule has 2 N–H and O–H groups in total. The van der Waals surface area contributed by atoms with Crippen LogP contribution in [0.3, 0.4) is 0 Å². The minimum absolute atomic E-state index is 0.0362. The van der Waals surface area contributed by atoms with Crippen LogP contribution < -0.4 is 11.2 Å². The van der Waals surface area contributed by atoms with E-state index in [1.807, 2.05) is 6.07 Å². The molecule has 0 unspecified atom stereocenters. The van der Waals surface area contributed by atoms with E-state index in [1.54, 1.807) is 48.5 Å². The van der Waals surface area contributed by atoms with E-state index in [2.05, 4.69) is 4.98 Å². The van der Waals surface area contributed by atoms with Crippen LogP contribution in [0.25, 0.3) is 33.0 Å². The molecule has 4 aromatic rings. The topological polar surface area (TPSA) is 83.3 Å². The van der Waals surface area contributed by atoms with Gasteiger partial charge in [-0.05, 0) is 11.6 Å². The van der Waals surface area contributed by atoms with Crippen molar-refractivity contribution in [2.45, 2.75) is 0 Å². The van der Waals surface area contributed by atoms with Crippen LogP contribution in [0.5, 0.6) is 5.75 Å². The highest BCUT2D eigenvalue weighted by atomic mass is 16.4. The number of nitrogens with one attached hydrogen (secondary N) is 1. The lowest BCUT2D eigenvalue weighted by molar-refractivity contribution is 0.482. The number of hydrogen-bond donors (Lipinski definition) is 2. The number of rotatable bonds is 1. The quantitative estimate of drug-likeness (QED) is 0.418. The van der Waals surface area contributed by atoms with Crippen LogP contribution in [-0.2, 0) is 0 Å². The van der Waals surface area contributed by atoms with Gasteiger partial charge in [0.2, 0.25) is 0 Å². The van der Waals surface area contributed by atoms with Gasteiger partial charge in [-0.3, -0.25) is 4.79 Å². The Kier molecular flexibility index (Phi) is 2.81. The number of H-pyrrole nitrogens is 1. The molecule has 0 fully saturated rings. The summed E-state index contributed by atoms with van der Waals surface area (Å²) in [7, 11) is 0. The monoisotopic (exact) mass is 305 g/mol. The van der Waals surface area contributed by atoms with E-state index in [1.165, 1.54) is 0 Å². The average Bonchev–Trinajstić information content (AvgIpc) is 2.56. The molecule has 0 amide bonds. The predicted octanol–water partition coefficient (Wildman–Crippen LogP) is 3.01. The minimum Gasteiger partial charge on any atom is -0.506 e. The van der Waals surface area contributed by atoms with Gasteiger partial charge in [0.1, 0.15) is 16.8 Å². The lowest BCUT2D eigenvalue weighted by Crippen LogP contribution is -2.14. The summed E-state index contributed by atoms with van der Waals surface area (Å²) >= 11 is 0. The molecule has 0 atom stereocenters. The number of para-hydroxylation sites is 1. The van der Waals surface area contributed by atoms with Crippen molar-refractivity contribution >= 4 is 21.9 Å². The van der Waals surface area contributed by atoms with Gasteiger partial charge in [-0.25, -0.2) is 4.79 Å². The Morgan fingerprint density at radius 3 is 2.39 bits per heavy atom. The molecule has 2 heterocycles. The van der Waals surface area contributed by atoms with Crippen LogP contribution in [0, 0.1) is 0 Å². The van der Waals surface area contributed by atoms with E-state index in [4.69, 9.17) is 4.42 Å². The summed E-state index contributed by atoms with van der Waals surface area (Å²) in [5.74, 6) is -0.223. The first-order valence-electron chi connectivity index (χ1n) is 7.03. The first-order valence-corrected chi connectivity index (χ1v) is 7.03. The fraction of sp³-hybridized carbons (Fsp3) is 0. The SMILES string of the molecule is O=c1[nH]c2c(=O)oc3ccccc3c2c(O)c1-c1ccccc1. The van der Waals surface area contributed by atoms with Gasteiger partial charge in [-0.2, -0.15) is 0 Å². The zero-order chi connectivity index (χ0) is 16.0. The molecule has 0 aliphatic rings. The summed E-state index contributed by atoms with van der Waals surface area (Å²) in [6.45, 7) is 0. The molecule has 0 radical (unpaired) electrons. The smallest absolute Gasteiger partial charge is 0.361 e. The van der Waals surface area contributed by atoms with Crippen molar-refractivity contribution in [1.82, 2.24) is 4.98 Å². The molecule has 5 heteroatoms. The highest BCUT2D eigenvalue weighted by Crippen LogP contribution is 2.34. The number of aromatic hydroxyl groups is 1. The second kappa shape index (κ2) is 4.84. The largest absolute Gasteiger partial charge is 0.506 e. The molecular weight excluding hydrogens is 294 g/mol. The number of hydrogen-bond acceptors (Lipinski definition) is 4. The van der Waals surface area contributed by atoms with Gasteiger partial charge in [-0.1, -0.05) is 48.5 Å². The number of aromatic nitrogens is 1. The van der Waals surface area contributed by atoms with Crippen LogP contribution in [0.15, 0.2) is 68.6 Å². The first kappa shape index (κ1) is 13.3. The van der Waals surface area contributed by atoms with E-state index in [0.717, 1.165) is 0 Å². The normalized spacial score (nSPS) is 11.1. The Hall–Kier alpha value is -3.34. The molecule has 0 aliphatic carbocycles. The molecular formula is C18H11NO4. The lowest BCUT2D eigenvalue weighted by atomic mass is 10.0. The first-order chi connectivity index (χ1) is 11.2. The Bertz CT molecular complexity index is 1160. The fourth-order valence-electron chi connectivity index (χ4n) is 2.79. The molecule has 0 bridgehead atoms. The Balaban J connectivity index is 2.26. The Labute approximate surface area is 129 Å². The summed E-state index contributed by atoms with van der Waals surface area (Å²) in [5, 5.41) is 11.6. The van der Waals surface area contributed by atoms with Crippen LogP contribution in [0.4, 0.5) is 0 Å². The zero-order valence-electron chi connectivity index (χ0n) is 11.9. The number of pyridine rings is 1. The second-order valence-corrected chi connectivity index (χ2v) is 5.18. The van der Waals surface area contributed by atoms with Gasteiger partial charge in [-0.15, -0.1) is 0 Å². The maximum Gasteiger partial charge on any atom is 0.361 e. The van der Waals surface area contributed by atoms with E-state index in [0.29, 0.717) is 16.5 Å². The van der Waals surface area contributed by atoms with Gasteiger partial charge in [0.05, 0.1) is 10.9 Å². The van der Waals surface area contributed by atoms with Crippen molar-refractivity contribution in [3.05, 3.63) is 75.4 Å². The van der Waals surface area contributed by atoms with Crippen molar-refractivity contribution in [3.63, 3.8) is 0 Å². The molecule has 23 heavy (non-hydrogen) atoms. The summed E-state index contributed by atoms with van der Waals surface area (Å²) in [6, 6.07) is 15.7. The van der Waals surface area contributed by atoms with E-state index in [-0.39, 0.29) is 22.2 Å². The molecule has 0 aliphatic heterocycles. The van der Waals surface area contributed by atoms with Gasteiger partial charge in [0, 0.05) is 5.39 Å². The molecule has 5 nitrogen and oxygen atoms in total. The third-order valence-corrected chi connectivity index (χ3v) is 3.81. The highest BCUT2D eigenvalue weighted by molar-refractivity contribution is 6.08. The third-order valence-electron chi connectivity index (χ3n) is 3.81. The molecule has 2 aromatic carbocycles. The summed E-state index contributed by atoms with van der Waals surface area (Å²) in [4.78, 5) is 27.0. The zero-order valence-corrected chi connectivity index (χ0v) is 11.9. The molecule has 0 saturated heterocycles. The maximum atomic E-state index is 12.3. The fourth-order valence-corrected chi connectivity index (χ4v) is 2.79. The standard InChI is InChI=1S/C18H11NO4/c20-16-13(10-6-2-1-3-7-10)17(21)19-15-14(16)11-8-4-5-9-12(11)23-18(15)22/h1-9H,(H2,19,20,21). The van der Waals surface area contributed by atoms with Crippen molar-refractivity contribution in [1.29, 1.82) is 0 Å².